The zero-order valence-corrected chi connectivity index (χ0v) is 20.1. The average Bonchev–Trinajstić information content (AvgIpc) is 3.09. The summed E-state index contributed by atoms with van der Waals surface area (Å²) in [7, 11) is 1.36. The Hall–Kier alpha value is -3.88. The summed E-state index contributed by atoms with van der Waals surface area (Å²) in [5.74, 6) is -2.49. The number of Topliss-reactive ketones (excluding diaryl/α,β-unsaturated/α-hetero) is 1. The number of ketones is 1. The van der Waals surface area contributed by atoms with Gasteiger partial charge in [0.25, 0.3) is 11.7 Å². The summed E-state index contributed by atoms with van der Waals surface area (Å²) in [6, 6.07) is 11.6. The van der Waals surface area contributed by atoms with Gasteiger partial charge in [0, 0.05) is 35.7 Å². The van der Waals surface area contributed by atoms with Crippen LogP contribution in [0.15, 0.2) is 66.5 Å². The summed E-state index contributed by atoms with van der Waals surface area (Å²) in [6.45, 7) is 1.36. The SMILES string of the molecule is COc1c(Cl)cc(Cl)cc1/C(O)=C1\C(=O)C(=O)N(c2cccc(NC(C)=O)c2)C1c1cccnc1. The maximum Gasteiger partial charge on any atom is 0.300 e. The molecule has 0 saturated carbocycles. The summed E-state index contributed by atoms with van der Waals surface area (Å²) in [5, 5.41) is 14.3. The van der Waals surface area contributed by atoms with Gasteiger partial charge in [0.1, 0.15) is 11.5 Å². The van der Waals surface area contributed by atoms with Crippen molar-refractivity contribution in [2.24, 2.45) is 0 Å². The van der Waals surface area contributed by atoms with E-state index >= 15 is 0 Å². The monoisotopic (exact) mass is 511 g/mol. The van der Waals surface area contributed by atoms with Gasteiger partial charge in [0.05, 0.1) is 29.3 Å². The van der Waals surface area contributed by atoms with Crippen molar-refractivity contribution in [2.75, 3.05) is 17.3 Å². The first kappa shape index (κ1) is 24.3. The summed E-state index contributed by atoms with van der Waals surface area (Å²) in [5.41, 5.74) is 1.12. The third kappa shape index (κ3) is 4.58. The highest BCUT2D eigenvalue weighted by Crippen LogP contribution is 2.45. The number of nitrogens with one attached hydrogen (secondary N) is 1. The standard InChI is InChI=1S/C25H19Cl2N3O5/c1-13(31)29-16-6-3-7-17(11-16)30-21(14-5-4-8-28-12-14)20(23(33)25(30)34)22(32)18-9-15(26)10-19(27)24(18)35-2/h3-12,21,32H,1-2H3,(H,29,31)/b22-20+. The van der Waals surface area contributed by atoms with Crippen molar-refractivity contribution < 1.29 is 24.2 Å². The van der Waals surface area contributed by atoms with Gasteiger partial charge in [-0.25, -0.2) is 0 Å². The molecule has 1 saturated heterocycles. The van der Waals surface area contributed by atoms with Crippen LogP contribution in [0.2, 0.25) is 10.0 Å². The number of hydrogen-bond donors (Lipinski definition) is 2. The van der Waals surface area contributed by atoms with Gasteiger partial charge in [-0.15, -0.1) is 0 Å². The minimum absolute atomic E-state index is 0.0592. The maximum absolute atomic E-state index is 13.3. The largest absolute Gasteiger partial charge is 0.507 e. The first-order chi connectivity index (χ1) is 16.7. The van der Waals surface area contributed by atoms with Crippen LogP contribution in [0.25, 0.3) is 5.76 Å². The molecule has 2 aromatic carbocycles. The van der Waals surface area contributed by atoms with Gasteiger partial charge in [0.15, 0.2) is 0 Å². The number of aliphatic hydroxyl groups is 1. The first-order valence-corrected chi connectivity index (χ1v) is 11.1. The maximum atomic E-state index is 13.3. The zero-order valence-electron chi connectivity index (χ0n) is 18.6. The summed E-state index contributed by atoms with van der Waals surface area (Å²) in [6.07, 6.45) is 3.05. The lowest BCUT2D eigenvalue weighted by Gasteiger charge is -2.25. The highest BCUT2D eigenvalue weighted by molar-refractivity contribution is 6.52. The lowest BCUT2D eigenvalue weighted by Crippen LogP contribution is -2.29. The molecular formula is C25H19Cl2N3O5. The van der Waals surface area contributed by atoms with E-state index < -0.39 is 23.5 Å². The van der Waals surface area contributed by atoms with Gasteiger partial charge in [0.2, 0.25) is 5.91 Å². The topological polar surface area (TPSA) is 109 Å². The van der Waals surface area contributed by atoms with Gasteiger partial charge in [-0.2, -0.15) is 0 Å². The summed E-state index contributed by atoms with van der Waals surface area (Å²) >= 11 is 12.4. The second-order valence-corrected chi connectivity index (χ2v) is 8.50. The predicted octanol–water partition coefficient (Wildman–Crippen LogP) is 4.98. The molecule has 8 nitrogen and oxygen atoms in total. The Morgan fingerprint density at radius 1 is 1.14 bits per heavy atom. The van der Waals surface area contributed by atoms with Crippen LogP contribution in [-0.4, -0.2) is 34.8 Å². The molecule has 0 aliphatic carbocycles. The lowest BCUT2D eigenvalue weighted by atomic mass is 9.95. The molecule has 2 amide bonds. The Bertz CT molecular complexity index is 1370. The Labute approximate surface area is 210 Å². The van der Waals surface area contributed by atoms with Crippen LogP contribution in [0.3, 0.4) is 0 Å². The number of carbonyl (C=O) groups is 3. The molecule has 10 heteroatoms. The van der Waals surface area contributed by atoms with E-state index in [1.165, 1.54) is 37.3 Å². The van der Waals surface area contributed by atoms with Crippen LogP contribution in [-0.2, 0) is 14.4 Å². The van der Waals surface area contributed by atoms with Crippen molar-refractivity contribution in [2.45, 2.75) is 13.0 Å². The molecule has 0 radical (unpaired) electrons. The van der Waals surface area contributed by atoms with Crippen LogP contribution in [0.1, 0.15) is 24.1 Å². The highest BCUT2D eigenvalue weighted by atomic mass is 35.5. The van der Waals surface area contributed by atoms with Gasteiger partial charge >= 0.3 is 0 Å². The molecule has 2 heterocycles. The zero-order chi connectivity index (χ0) is 25.3. The van der Waals surface area contributed by atoms with E-state index in [9.17, 15) is 19.5 Å². The summed E-state index contributed by atoms with van der Waals surface area (Å²) < 4.78 is 5.33. The molecule has 0 spiro atoms. The molecule has 2 N–H and O–H groups in total. The van der Waals surface area contributed by atoms with Gasteiger partial charge in [-0.3, -0.25) is 24.3 Å². The van der Waals surface area contributed by atoms with Crippen molar-refractivity contribution in [1.29, 1.82) is 0 Å². The van der Waals surface area contributed by atoms with E-state index in [2.05, 4.69) is 10.3 Å². The smallest absolute Gasteiger partial charge is 0.300 e. The number of amides is 2. The van der Waals surface area contributed by atoms with E-state index in [4.69, 9.17) is 27.9 Å². The van der Waals surface area contributed by atoms with Crippen LogP contribution < -0.4 is 15.0 Å². The third-order valence-corrected chi connectivity index (χ3v) is 5.86. The third-order valence-electron chi connectivity index (χ3n) is 5.36. The number of methoxy groups -OCH3 is 1. The Morgan fingerprint density at radius 2 is 1.91 bits per heavy atom. The Balaban J connectivity index is 1.97. The minimum Gasteiger partial charge on any atom is -0.507 e. The highest BCUT2D eigenvalue weighted by Gasteiger charge is 2.47. The van der Waals surface area contributed by atoms with Crippen molar-refractivity contribution in [3.05, 3.63) is 87.7 Å². The fourth-order valence-corrected chi connectivity index (χ4v) is 4.55. The van der Waals surface area contributed by atoms with E-state index in [0.717, 1.165) is 0 Å². The van der Waals surface area contributed by atoms with Gasteiger partial charge in [-0.05, 0) is 42.0 Å². The van der Waals surface area contributed by atoms with E-state index in [0.29, 0.717) is 16.9 Å². The number of hydrogen-bond acceptors (Lipinski definition) is 6. The quantitative estimate of drug-likeness (QED) is 0.284. The van der Waals surface area contributed by atoms with Gasteiger partial charge < -0.3 is 15.2 Å². The molecule has 1 aromatic heterocycles. The normalized spacial score (nSPS) is 16.9. The fraction of sp³-hybridized carbons (Fsp3) is 0.120. The van der Waals surface area contributed by atoms with Crippen LogP contribution >= 0.6 is 23.2 Å². The molecule has 4 rings (SSSR count). The second kappa shape index (κ2) is 9.77. The van der Waals surface area contributed by atoms with Crippen molar-refractivity contribution in [3.63, 3.8) is 0 Å². The van der Waals surface area contributed by atoms with Crippen molar-refractivity contribution in [3.8, 4) is 5.75 Å². The number of aliphatic hydroxyl groups excluding tert-OH is 1. The number of ether oxygens (including phenoxy) is 1. The molecule has 178 valence electrons. The fourth-order valence-electron chi connectivity index (χ4n) is 3.98. The number of anilines is 2. The molecule has 1 aliphatic heterocycles. The van der Waals surface area contributed by atoms with E-state index in [1.807, 2.05) is 0 Å². The molecule has 0 bridgehead atoms. The predicted molar refractivity (Wildman–Crippen MR) is 133 cm³/mol. The first-order valence-electron chi connectivity index (χ1n) is 10.3. The number of carbonyl (C=O) groups excluding carboxylic acids is 3. The number of rotatable bonds is 5. The van der Waals surface area contributed by atoms with Crippen LogP contribution in [0.4, 0.5) is 11.4 Å². The van der Waals surface area contributed by atoms with Crippen LogP contribution in [0, 0.1) is 0 Å². The number of nitrogens with zero attached hydrogens (tertiary/aromatic N) is 2. The lowest BCUT2D eigenvalue weighted by molar-refractivity contribution is -0.132. The van der Waals surface area contributed by atoms with E-state index in [1.54, 1.807) is 42.6 Å². The molecule has 1 unspecified atom stereocenters. The van der Waals surface area contributed by atoms with Crippen LogP contribution in [0.5, 0.6) is 5.75 Å². The average molecular weight is 512 g/mol. The number of benzene rings is 2. The molecule has 1 fully saturated rings. The second-order valence-electron chi connectivity index (χ2n) is 7.66. The number of aromatic nitrogens is 1. The van der Waals surface area contributed by atoms with Gasteiger partial charge in [-0.1, -0.05) is 35.3 Å². The summed E-state index contributed by atoms with van der Waals surface area (Å²) in [4.78, 5) is 43.5. The molecular weight excluding hydrogens is 493 g/mol. The minimum atomic E-state index is -1.03. The van der Waals surface area contributed by atoms with Crippen molar-refractivity contribution in [1.82, 2.24) is 4.98 Å². The molecule has 35 heavy (non-hydrogen) atoms. The molecule has 1 aliphatic rings. The number of halogens is 2. The van der Waals surface area contributed by atoms with Crippen molar-refractivity contribution >= 4 is 57.9 Å². The van der Waals surface area contributed by atoms with E-state index in [-0.39, 0.29) is 32.8 Å². The molecule has 1 atom stereocenters. The molecule has 3 aromatic rings. The number of pyridine rings is 1. The Kier molecular flexibility index (Phi) is 6.77. The Morgan fingerprint density at radius 3 is 2.57 bits per heavy atom.